The van der Waals surface area contributed by atoms with Crippen LogP contribution in [0.4, 0.5) is 21.0 Å². The maximum Gasteiger partial charge on any atom is 0.408 e. The van der Waals surface area contributed by atoms with Gasteiger partial charge in [0.05, 0.1) is 43.2 Å². The number of pyridine rings is 2. The van der Waals surface area contributed by atoms with E-state index in [1.165, 1.54) is 27.5 Å². The molecule has 1 unspecified atom stereocenters. The van der Waals surface area contributed by atoms with Gasteiger partial charge in [0.1, 0.15) is 30.3 Å². The molecule has 5 aromatic rings. The van der Waals surface area contributed by atoms with Gasteiger partial charge in [-0.15, -0.1) is 0 Å². The van der Waals surface area contributed by atoms with Gasteiger partial charge in [-0.05, 0) is 89.3 Å². The number of methoxy groups -OCH3 is 1. The first kappa shape index (κ1) is 70.1. The van der Waals surface area contributed by atoms with E-state index in [-0.39, 0.29) is 62.3 Å². The number of nitrogens with two attached hydrogens (primary N) is 1. The molecule has 6 N–H and O–H groups in total. The predicted molar refractivity (Wildman–Crippen MR) is 357 cm³/mol. The first-order chi connectivity index (χ1) is 44.9. The second-order valence-corrected chi connectivity index (χ2v) is 25.8. The Balaban J connectivity index is 0.761. The number of nitrogens with one attached hydrogen (secondary N) is 4. The molecule has 500 valence electrons. The number of fused-ring (bicyclic) bond motifs is 2. The SMILES string of the molecule is COC(=O)Cn1cc(N(CCCCCCCCCCCCCCNC(=O)N2CC[C@H]3CC[C@@H](C(=O)NC(CCC(N)=O)C(=O)NC(c4ccccc4)c4ccccc4)N3C(=O)[C@@H](NC(=O)OC(C)(C)C)C2)C(=O)[C@H]2CCCN(c3cncc4ccccc34)C2)ccc1=O. The quantitative estimate of drug-likeness (QED) is 0.0213. The molecule has 0 spiro atoms. The van der Waals surface area contributed by atoms with Crippen molar-refractivity contribution >= 4 is 69.8 Å². The van der Waals surface area contributed by atoms with Crippen molar-refractivity contribution in [1.29, 1.82) is 0 Å². The van der Waals surface area contributed by atoms with Crippen molar-refractivity contribution in [2.24, 2.45) is 11.7 Å². The van der Waals surface area contributed by atoms with Crippen LogP contribution in [0.15, 0.2) is 120 Å². The highest BCUT2D eigenvalue weighted by atomic mass is 16.6. The van der Waals surface area contributed by atoms with Crippen LogP contribution in [-0.2, 0) is 44.8 Å². The molecule has 3 aliphatic rings. The zero-order chi connectivity index (χ0) is 66.3. The van der Waals surface area contributed by atoms with E-state index in [4.69, 9.17) is 15.2 Å². The third kappa shape index (κ3) is 20.6. The second-order valence-electron chi connectivity index (χ2n) is 25.8. The predicted octanol–water partition coefficient (Wildman–Crippen LogP) is 8.82. The van der Waals surface area contributed by atoms with E-state index in [0.29, 0.717) is 38.2 Å². The molecule has 0 radical (unpaired) electrons. The number of carbonyl (C=O) groups is 8. The summed E-state index contributed by atoms with van der Waals surface area (Å²) in [5.41, 5.74) is 7.52. The van der Waals surface area contributed by atoms with Gasteiger partial charge >= 0.3 is 18.1 Å². The maximum atomic E-state index is 14.7. The summed E-state index contributed by atoms with van der Waals surface area (Å²) in [7, 11) is 1.28. The number of esters is 1. The Kier molecular flexibility index (Phi) is 26.2. The molecule has 2 aromatic heterocycles. The van der Waals surface area contributed by atoms with Crippen molar-refractivity contribution in [2.75, 3.05) is 56.2 Å². The lowest BCUT2D eigenvalue weighted by molar-refractivity contribution is -0.144. The van der Waals surface area contributed by atoms with Crippen LogP contribution in [0, 0.1) is 5.92 Å². The number of hydrogen-bond donors (Lipinski definition) is 5. The summed E-state index contributed by atoms with van der Waals surface area (Å²) >= 11 is 0. The number of urea groups is 1. The molecule has 0 aliphatic carbocycles. The number of primary amides is 1. The highest BCUT2D eigenvalue weighted by molar-refractivity contribution is 5.98. The standard InChI is InChI=1S/C71H95N11O11/c1-71(2,3)93-70(91)76-58-48-79(43-39-54-33-36-59(82(54)68(58)89)66(87)75-57(35-37-61(72)83)65(86)77-64(50-26-17-15-18-27-50)51-28-19-16-20-29-51)69(90)74-40-23-13-11-9-7-5-6-8-10-12-14-24-42-81(55-34-38-62(84)80(47-55)49-63(85)92-4)67(88)53-31-25-41-78(46-53)60-45-73-44-52-30-21-22-32-56(52)60/h15-22,26-30,32,34,38,44-45,47,53-54,57-59,64H,5-14,23-25,31,33,35-37,39-43,46,48-49H2,1-4H3,(H2,72,83)(H,74,90)(H,75,87)(H,76,91)(H,77,86)/t53-,54+,57?,58-,59-/m0/s1. The Morgan fingerprint density at radius 3 is 2.02 bits per heavy atom. The lowest BCUT2D eigenvalue weighted by Gasteiger charge is -2.39. The van der Waals surface area contributed by atoms with E-state index in [9.17, 15) is 43.2 Å². The van der Waals surface area contributed by atoms with Crippen LogP contribution < -0.4 is 42.4 Å². The van der Waals surface area contributed by atoms with Crippen LogP contribution in [0.2, 0.25) is 0 Å². The lowest BCUT2D eigenvalue weighted by Crippen LogP contribution is -2.62. The Labute approximate surface area is 546 Å². The topological polar surface area (TPSA) is 277 Å². The average molecular weight is 1280 g/mol. The minimum atomic E-state index is -1.26. The number of ether oxygens (including phenoxy) is 2. The highest BCUT2D eigenvalue weighted by Gasteiger charge is 2.46. The van der Waals surface area contributed by atoms with Crippen molar-refractivity contribution in [2.45, 2.75) is 185 Å². The fourth-order valence-corrected chi connectivity index (χ4v) is 12.9. The van der Waals surface area contributed by atoms with Crippen LogP contribution in [0.1, 0.15) is 160 Å². The zero-order valence-corrected chi connectivity index (χ0v) is 54.6. The van der Waals surface area contributed by atoms with Crippen LogP contribution in [-0.4, -0.2) is 143 Å². The van der Waals surface area contributed by atoms with Gasteiger partial charge in [-0.2, -0.15) is 0 Å². The molecule has 22 nitrogen and oxygen atoms in total. The number of piperidine rings is 1. The number of carbonyl (C=O) groups excluding carboxylic acids is 8. The van der Waals surface area contributed by atoms with E-state index in [1.54, 1.807) is 37.9 Å². The number of nitrogens with zero attached hydrogens (tertiary/aromatic N) is 6. The molecule has 22 heteroatoms. The van der Waals surface area contributed by atoms with Gasteiger partial charge in [0.2, 0.25) is 29.5 Å². The molecule has 0 bridgehead atoms. The summed E-state index contributed by atoms with van der Waals surface area (Å²) in [6.07, 6.45) is 19.0. The fraction of sp³-hybridized carbons (Fsp3) is 0.521. The zero-order valence-electron chi connectivity index (χ0n) is 54.6. The number of rotatable bonds is 30. The first-order valence-electron chi connectivity index (χ1n) is 33.4. The summed E-state index contributed by atoms with van der Waals surface area (Å²) in [6, 6.07) is 25.1. The number of unbranched alkanes of at least 4 members (excludes halogenated alkanes) is 11. The Morgan fingerprint density at radius 2 is 1.37 bits per heavy atom. The van der Waals surface area contributed by atoms with Crippen molar-refractivity contribution < 1.29 is 47.8 Å². The molecule has 5 atom stereocenters. The minimum absolute atomic E-state index is 0.00396. The van der Waals surface area contributed by atoms with Crippen molar-refractivity contribution in [1.82, 2.24) is 40.6 Å². The van der Waals surface area contributed by atoms with E-state index < -0.39 is 71.5 Å². The monoisotopic (exact) mass is 1280 g/mol. The van der Waals surface area contributed by atoms with Gasteiger partial charge in [-0.1, -0.05) is 149 Å². The summed E-state index contributed by atoms with van der Waals surface area (Å²) < 4.78 is 11.7. The molecular weight excluding hydrogens is 1180 g/mol. The van der Waals surface area contributed by atoms with Gasteiger partial charge < -0.3 is 60.6 Å². The summed E-state index contributed by atoms with van der Waals surface area (Å²) in [5, 5.41) is 13.8. The molecule has 8 amide bonds. The molecule has 3 saturated heterocycles. The molecule has 0 saturated carbocycles. The molecular formula is C71H95N11O11. The number of anilines is 2. The normalized spacial score (nSPS) is 17.8. The smallest absolute Gasteiger partial charge is 0.408 e. The highest BCUT2D eigenvalue weighted by Crippen LogP contribution is 2.33. The molecule has 3 aliphatic heterocycles. The molecule has 93 heavy (non-hydrogen) atoms. The van der Waals surface area contributed by atoms with E-state index in [2.05, 4.69) is 37.2 Å². The summed E-state index contributed by atoms with van der Waals surface area (Å²) in [6.45, 7) is 7.23. The van der Waals surface area contributed by atoms with Crippen LogP contribution in [0.25, 0.3) is 10.8 Å². The van der Waals surface area contributed by atoms with E-state index in [1.807, 2.05) is 91.3 Å². The second kappa shape index (κ2) is 34.7. The van der Waals surface area contributed by atoms with Gasteiger partial charge in [0, 0.05) is 74.4 Å². The number of amides is 8. The molecule has 5 heterocycles. The number of benzene rings is 3. The van der Waals surface area contributed by atoms with Gasteiger partial charge in [0.25, 0.3) is 5.56 Å². The lowest BCUT2D eigenvalue weighted by atomic mass is 9.95. The van der Waals surface area contributed by atoms with E-state index in [0.717, 1.165) is 124 Å². The fourth-order valence-electron chi connectivity index (χ4n) is 12.9. The van der Waals surface area contributed by atoms with Crippen molar-refractivity contribution in [3.63, 3.8) is 0 Å². The maximum absolute atomic E-state index is 14.7. The Hall–Kier alpha value is -8.82. The van der Waals surface area contributed by atoms with Gasteiger partial charge in [-0.3, -0.25) is 38.5 Å². The molecule has 8 rings (SSSR count). The number of aromatic nitrogens is 2. The van der Waals surface area contributed by atoms with Crippen molar-refractivity contribution in [3.05, 3.63) is 137 Å². The van der Waals surface area contributed by atoms with Gasteiger partial charge in [-0.25, -0.2) is 9.59 Å². The third-order valence-electron chi connectivity index (χ3n) is 17.8. The van der Waals surface area contributed by atoms with Crippen LogP contribution in [0.3, 0.4) is 0 Å². The number of alkyl carbamates (subject to hydrolysis) is 1. The van der Waals surface area contributed by atoms with Gasteiger partial charge in [0.15, 0.2) is 0 Å². The Morgan fingerprint density at radius 1 is 0.720 bits per heavy atom. The third-order valence-corrected chi connectivity index (χ3v) is 17.8. The minimum Gasteiger partial charge on any atom is -0.468 e. The average Bonchev–Trinajstić information content (AvgIpc) is 1.82. The molecule has 3 fully saturated rings. The first-order valence-corrected chi connectivity index (χ1v) is 33.4. The number of hydrogen-bond acceptors (Lipinski definition) is 13. The van der Waals surface area contributed by atoms with Crippen molar-refractivity contribution in [3.8, 4) is 0 Å². The van der Waals surface area contributed by atoms with Crippen LogP contribution >= 0.6 is 0 Å². The van der Waals surface area contributed by atoms with Crippen LogP contribution in [0.5, 0.6) is 0 Å². The summed E-state index contributed by atoms with van der Waals surface area (Å²) in [5.74, 6) is -3.14. The summed E-state index contributed by atoms with van der Waals surface area (Å²) in [4.78, 5) is 134. The Bertz CT molecular complexity index is 3330. The largest absolute Gasteiger partial charge is 0.468 e. The molecule has 3 aromatic carbocycles. The van der Waals surface area contributed by atoms with E-state index >= 15 is 0 Å².